The van der Waals surface area contributed by atoms with E-state index in [1.807, 2.05) is 0 Å². The number of aliphatic hydroxyl groups is 1. The lowest BCUT2D eigenvalue weighted by Crippen LogP contribution is -2.55. The summed E-state index contributed by atoms with van der Waals surface area (Å²) in [5.74, 6) is 3.14. The monoisotopic (exact) mass is 301 g/mol. The molecule has 0 radical (unpaired) electrons. The van der Waals surface area contributed by atoms with E-state index in [1.54, 1.807) is 0 Å². The molecule has 2 heteroatoms. The third-order valence-corrected chi connectivity index (χ3v) is 8.92. The van der Waals surface area contributed by atoms with E-state index in [1.165, 1.54) is 44.9 Å². The molecule has 4 fully saturated rings. The van der Waals surface area contributed by atoms with Gasteiger partial charge >= 0.3 is 0 Å². The molecule has 0 unspecified atom stereocenters. The van der Waals surface area contributed by atoms with Gasteiger partial charge in [-0.15, -0.1) is 0 Å². The number of nitriles is 1. The summed E-state index contributed by atoms with van der Waals surface area (Å²) >= 11 is 0. The summed E-state index contributed by atoms with van der Waals surface area (Å²) in [4.78, 5) is 0. The van der Waals surface area contributed by atoms with E-state index in [9.17, 15) is 10.4 Å². The van der Waals surface area contributed by atoms with Crippen LogP contribution in [0.3, 0.4) is 0 Å². The van der Waals surface area contributed by atoms with Gasteiger partial charge in [-0.2, -0.15) is 5.26 Å². The van der Waals surface area contributed by atoms with Gasteiger partial charge in [-0.05, 0) is 80.5 Å². The van der Waals surface area contributed by atoms with Gasteiger partial charge in [-0.3, -0.25) is 0 Å². The molecule has 0 amide bonds. The second-order valence-electron chi connectivity index (χ2n) is 9.37. The van der Waals surface area contributed by atoms with Crippen LogP contribution in [-0.4, -0.2) is 10.7 Å². The Labute approximate surface area is 135 Å². The Hall–Kier alpha value is -0.550. The molecule has 0 aromatic carbocycles. The van der Waals surface area contributed by atoms with Gasteiger partial charge in [0, 0.05) is 5.41 Å². The van der Waals surface area contributed by atoms with E-state index in [4.69, 9.17) is 0 Å². The Balaban J connectivity index is 1.67. The first-order valence-electron chi connectivity index (χ1n) is 9.58. The molecule has 0 aromatic rings. The highest BCUT2D eigenvalue weighted by Crippen LogP contribution is 2.68. The maximum absolute atomic E-state index is 10.9. The Morgan fingerprint density at radius 3 is 2.45 bits per heavy atom. The van der Waals surface area contributed by atoms with Gasteiger partial charge in [-0.1, -0.05) is 26.7 Å². The van der Waals surface area contributed by atoms with Crippen molar-refractivity contribution in [1.29, 1.82) is 5.26 Å². The molecule has 0 bridgehead atoms. The van der Waals surface area contributed by atoms with Crippen LogP contribution in [0.2, 0.25) is 0 Å². The van der Waals surface area contributed by atoms with Crippen molar-refractivity contribution in [3.8, 4) is 6.07 Å². The molecule has 22 heavy (non-hydrogen) atoms. The number of rotatable bonds is 0. The molecule has 0 saturated heterocycles. The molecule has 2 nitrogen and oxygen atoms in total. The predicted molar refractivity (Wildman–Crippen MR) is 86.9 cm³/mol. The van der Waals surface area contributed by atoms with E-state index >= 15 is 0 Å². The van der Waals surface area contributed by atoms with Crippen LogP contribution in [0.5, 0.6) is 0 Å². The Morgan fingerprint density at radius 1 is 0.909 bits per heavy atom. The van der Waals surface area contributed by atoms with Gasteiger partial charge in [0.2, 0.25) is 0 Å². The zero-order valence-corrected chi connectivity index (χ0v) is 14.3. The predicted octanol–water partition coefficient (Wildman–Crippen LogP) is 4.67. The van der Waals surface area contributed by atoms with Crippen LogP contribution < -0.4 is 0 Å². The highest BCUT2D eigenvalue weighted by molar-refractivity contribution is 5.20. The summed E-state index contributed by atoms with van der Waals surface area (Å²) in [6.07, 6.45) is 12.6. The summed E-state index contributed by atoms with van der Waals surface area (Å²) in [7, 11) is 0. The molecule has 1 N–H and O–H groups in total. The SMILES string of the molecule is C[C@]12CCCC[C@@H]1CC[C@@H]1[C@H]2CC[C@@]2(C)[C@H]1CC[C@]2(O)C#N. The van der Waals surface area contributed by atoms with Gasteiger partial charge in [0.25, 0.3) is 0 Å². The molecule has 0 spiro atoms. The Morgan fingerprint density at radius 2 is 1.68 bits per heavy atom. The standard InChI is InChI=1S/C20H31NO/c1-18-10-4-3-5-14(18)6-7-15-16(18)8-11-19(2)17(15)9-12-20(19,22)13-21/h14-17,22H,3-12H2,1-2H3/t14-,15-,16-,17+,18+,19+,20+/m1/s1. The lowest BCUT2D eigenvalue weighted by atomic mass is 9.44. The number of hydrogen-bond donors (Lipinski definition) is 1. The van der Waals surface area contributed by atoms with Crippen molar-refractivity contribution in [1.82, 2.24) is 0 Å². The third-order valence-electron chi connectivity index (χ3n) is 8.92. The first-order valence-corrected chi connectivity index (χ1v) is 9.58. The fourth-order valence-electron chi connectivity index (χ4n) is 7.49. The van der Waals surface area contributed by atoms with Gasteiger partial charge in [0.1, 0.15) is 0 Å². The molecule has 122 valence electrons. The van der Waals surface area contributed by atoms with Crippen molar-refractivity contribution < 1.29 is 5.11 Å². The summed E-state index contributed by atoms with van der Waals surface area (Å²) in [5.41, 5.74) is -0.663. The quantitative estimate of drug-likeness (QED) is 0.661. The highest BCUT2D eigenvalue weighted by atomic mass is 16.3. The lowest BCUT2D eigenvalue weighted by molar-refractivity contribution is -0.135. The van der Waals surface area contributed by atoms with Gasteiger partial charge in [-0.25, -0.2) is 0 Å². The van der Waals surface area contributed by atoms with Crippen molar-refractivity contribution in [2.24, 2.45) is 34.5 Å². The molecular formula is C20H31NO. The number of nitrogens with zero attached hydrogens (tertiary/aromatic N) is 1. The largest absolute Gasteiger partial charge is 0.375 e. The zero-order chi connectivity index (χ0) is 15.6. The van der Waals surface area contributed by atoms with Crippen LogP contribution in [0.1, 0.15) is 78.1 Å². The van der Waals surface area contributed by atoms with E-state index in [2.05, 4.69) is 19.9 Å². The van der Waals surface area contributed by atoms with Crippen LogP contribution in [0.4, 0.5) is 0 Å². The minimum absolute atomic E-state index is 0.152. The zero-order valence-electron chi connectivity index (χ0n) is 14.3. The third kappa shape index (κ3) is 1.70. The topological polar surface area (TPSA) is 44.0 Å². The summed E-state index contributed by atoms with van der Waals surface area (Å²) < 4.78 is 0. The van der Waals surface area contributed by atoms with Gasteiger partial charge < -0.3 is 5.11 Å². The minimum atomic E-state index is -1.06. The summed E-state index contributed by atoms with van der Waals surface area (Å²) in [6.45, 7) is 4.81. The second-order valence-corrected chi connectivity index (χ2v) is 9.37. The minimum Gasteiger partial charge on any atom is -0.375 e. The second kappa shape index (κ2) is 4.73. The average molecular weight is 301 g/mol. The molecule has 0 aliphatic heterocycles. The van der Waals surface area contributed by atoms with Crippen molar-refractivity contribution in [2.45, 2.75) is 83.7 Å². The fraction of sp³-hybridized carbons (Fsp3) is 0.950. The summed E-state index contributed by atoms with van der Waals surface area (Å²) in [6, 6.07) is 2.30. The number of hydrogen-bond acceptors (Lipinski definition) is 2. The fourth-order valence-corrected chi connectivity index (χ4v) is 7.49. The maximum atomic E-state index is 10.9. The first kappa shape index (κ1) is 15.0. The normalized spacial score (nSPS) is 57.4. The van der Waals surface area contributed by atoms with E-state index < -0.39 is 5.60 Å². The molecule has 4 aliphatic carbocycles. The summed E-state index contributed by atoms with van der Waals surface area (Å²) in [5, 5.41) is 20.4. The lowest BCUT2D eigenvalue weighted by Gasteiger charge is -2.60. The Bertz CT molecular complexity index is 510. The molecule has 0 aromatic heterocycles. The Kier molecular flexibility index (Phi) is 3.22. The van der Waals surface area contributed by atoms with Crippen molar-refractivity contribution in [3.05, 3.63) is 0 Å². The smallest absolute Gasteiger partial charge is 0.156 e. The van der Waals surface area contributed by atoms with Crippen LogP contribution in [-0.2, 0) is 0 Å². The van der Waals surface area contributed by atoms with E-state index in [0.29, 0.717) is 17.8 Å². The number of fused-ring (bicyclic) bond motifs is 5. The van der Waals surface area contributed by atoms with Crippen LogP contribution >= 0.6 is 0 Å². The molecule has 4 saturated carbocycles. The molecule has 4 rings (SSSR count). The molecule has 7 atom stereocenters. The highest BCUT2D eigenvalue weighted by Gasteiger charge is 2.64. The van der Waals surface area contributed by atoms with E-state index in [-0.39, 0.29) is 5.41 Å². The molecular weight excluding hydrogens is 270 g/mol. The van der Waals surface area contributed by atoms with E-state index in [0.717, 1.165) is 30.6 Å². The van der Waals surface area contributed by atoms with Gasteiger partial charge in [0.05, 0.1) is 6.07 Å². The van der Waals surface area contributed by atoms with Crippen molar-refractivity contribution in [2.75, 3.05) is 0 Å². The molecule has 0 heterocycles. The van der Waals surface area contributed by atoms with Crippen molar-refractivity contribution >= 4 is 0 Å². The van der Waals surface area contributed by atoms with Gasteiger partial charge in [0.15, 0.2) is 5.60 Å². The molecule has 4 aliphatic rings. The first-order chi connectivity index (χ1) is 10.4. The maximum Gasteiger partial charge on any atom is 0.156 e. The average Bonchev–Trinajstić information content (AvgIpc) is 2.79. The van der Waals surface area contributed by atoms with Crippen LogP contribution in [0.15, 0.2) is 0 Å². The van der Waals surface area contributed by atoms with Crippen LogP contribution in [0.25, 0.3) is 0 Å². The van der Waals surface area contributed by atoms with Crippen LogP contribution in [0, 0.1) is 45.8 Å². The van der Waals surface area contributed by atoms with Crippen molar-refractivity contribution in [3.63, 3.8) is 0 Å².